The van der Waals surface area contributed by atoms with Crippen molar-refractivity contribution in [1.82, 2.24) is 0 Å². The molecule has 1 rings (SSSR count). The minimum Gasteiger partial charge on any atom is -0.496 e. The van der Waals surface area contributed by atoms with E-state index in [1.165, 1.54) is 25.3 Å². The number of methoxy groups -OCH3 is 1. The van der Waals surface area contributed by atoms with E-state index in [0.717, 1.165) is 6.07 Å². The average Bonchev–Trinajstić information content (AvgIpc) is 2.36. The summed E-state index contributed by atoms with van der Waals surface area (Å²) >= 11 is 0. The van der Waals surface area contributed by atoms with Gasteiger partial charge in [-0.15, -0.1) is 0 Å². The number of hydrogen-bond donors (Lipinski definition) is 0. The summed E-state index contributed by atoms with van der Waals surface area (Å²) in [6, 6.07) is 5.19. The molecule has 0 saturated carbocycles. The number of para-hydroxylation sites is 1. The van der Waals surface area contributed by atoms with Gasteiger partial charge in [0.2, 0.25) is 11.6 Å². The van der Waals surface area contributed by atoms with Crippen LogP contribution < -0.4 is 4.74 Å². The summed E-state index contributed by atoms with van der Waals surface area (Å²) in [7, 11) is 1.20. The Bertz CT molecular complexity index is 443. The smallest absolute Gasteiger partial charge is 0.369 e. The molecule has 0 aliphatic heterocycles. The monoisotopic (exact) mass is 246 g/mol. The number of rotatable bonds is 5. The van der Waals surface area contributed by atoms with Crippen LogP contribution in [-0.4, -0.2) is 31.3 Å². The summed E-state index contributed by atoms with van der Waals surface area (Å²) < 4.78 is 43.1. The molecule has 0 fully saturated rings. The molecule has 0 bridgehead atoms. The molecule has 0 aromatic heterocycles. The highest BCUT2D eigenvalue weighted by atomic mass is 19.3. The van der Waals surface area contributed by atoms with Crippen LogP contribution in [0.1, 0.15) is 10.4 Å². The number of ether oxygens (including phenoxy) is 1. The molecule has 0 aliphatic carbocycles. The number of hydrogen-bond acceptors (Lipinski definition) is 3. The van der Waals surface area contributed by atoms with Crippen LogP contribution in [-0.2, 0) is 4.79 Å². The lowest BCUT2D eigenvalue weighted by Crippen LogP contribution is -2.39. The van der Waals surface area contributed by atoms with Gasteiger partial charge in [-0.1, -0.05) is 12.1 Å². The Morgan fingerprint density at radius 1 is 1.29 bits per heavy atom. The van der Waals surface area contributed by atoms with E-state index in [2.05, 4.69) is 0 Å². The van der Waals surface area contributed by atoms with Crippen molar-refractivity contribution in [3.8, 4) is 5.75 Å². The highest BCUT2D eigenvalue weighted by Crippen LogP contribution is 2.27. The molecule has 1 aromatic carbocycles. The van der Waals surface area contributed by atoms with Gasteiger partial charge in [0.1, 0.15) is 5.75 Å². The lowest BCUT2D eigenvalue weighted by atomic mass is 10.0. The molecule has 3 nitrogen and oxygen atoms in total. The predicted octanol–water partition coefficient (Wildman–Crippen LogP) is 2.05. The maximum absolute atomic E-state index is 13.2. The first kappa shape index (κ1) is 13.2. The standard InChI is InChI=1S/C11H9F3O3/c1-17-8-5-3-2-4-7(8)10(16)11(13,14)9(15)6-12/h2-5H,6H2,1H3. The molecule has 0 unspecified atom stereocenters. The molecule has 17 heavy (non-hydrogen) atoms. The van der Waals surface area contributed by atoms with Gasteiger partial charge in [0, 0.05) is 0 Å². The summed E-state index contributed by atoms with van der Waals surface area (Å²) in [4.78, 5) is 22.1. The van der Waals surface area contributed by atoms with Crippen molar-refractivity contribution >= 4 is 11.6 Å². The summed E-state index contributed by atoms with van der Waals surface area (Å²) in [6.45, 7) is -1.89. The Labute approximate surface area is 95.2 Å². The third kappa shape index (κ3) is 2.46. The number of halogens is 3. The van der Waals surface area contributed by atoms with E-state index in [9.17, 15) is 22.8 Å². The Balaban J connectivity index is 3.16. The second-order valence-corrected chi connectivity index (χ2v) is 3.16. The first-order valence-electron chi connectivity index (χ1n) is 4.60. The maximum Gasteiger partial charge on any atom is 0.369 e. The average molecular weight is 246 g/mol. The van der Waals surface area contributed by atoms with Crippen LogP contribution in [0.2, 0.25) is 0 Å². The molecular weight excluding hydrogens is 237 g/mol. The van der Waals surface area contributed by atoms with Crippen LogP contribution in [0.25, 0.3) is 0 Å². The molecule has 0 aliphatic rings. The second-order valence-electron chi connectivity index (χ2n) is 3.16. The predicted molar refractivity (Wildman–Crippen MR) is 53.3 cm³/mol. The van der Waals surface area contributed by atoms with E-state index in [1.54, 1.807) is 0 Å². The minimum atomic E-state index is -4.37. The topological polar surface area (TPSA) is 43.4 Å². The number of carbonyl (C=O) groups is 2. The molecule has 0 amide bonds. The zero-order valence-electron chi connectivity index (χ0n) is 8.88. The van der Waals surface area contributed by atoms with Crippen molar-refractivity contribution in [3.63, 3.8) is 0 Å². The molecule has 6 heteroatoms. The van der Waals surface area contributed by atoms with Crippen molar-refractivity contribution < 1.29 is 27.5 Å². The van der Waals surface area contributed by atoms with E-state index in [0.29, 0.717) is 0 Å². The van der Waals surface area contributed by atoms with Crippen molar-refractivity contribution in [2.45, 2.75) is 5.92 Å². The fourth-order valence-corrected chi connectivity index (χ4v) is 1.21. The van der Waals surface area contributed by atoms with Gasteiger partial charge in [-0.3, -0.25) is 9.59 Å². The fraction of sp³-hybridized carbons (Fsp3) is 0.273. The molecule has 92 valence electrons. The maximum atomic E-state index is 13.2. The largest absolute Gasteiger partial charge is 0.496 e. The van der Waals surface area contributed by atoms with Crippen LogP contribution in [0.15, 0.2) is 24.3 Å². The van der Waals surface area contributed by atoms with Crippen LogP contribution in [0.5, 0.6) is 5.75 Å². The van der Waals surface area contributed by atoms with Gasteiger partial charge in [0.25, 0.3) is 0 Å². The van der Waals surface area contributed by atoms with Gasteiger partial charge in [0.05, 0.1) is 12.7 Å². The summed E-state index contributed by atoms with van der Waals surface area (Å²) in [5.41, 5.74) is -0.457. The number of alkyl halides is 3. The van der Waals surface area contributed by atoms with E-state index in [-0.39, 0.29) is 5.75 Å². The quantitative estimate of drug-likeness (QED) is 0.590. The molecule has 0 atom stereocenters. The van der Waals surface area contributed by atoms with E-state index in [1.807, 2.05) is 0 Å². The third-order valence-corrected chi connectivity index (χ3v) is 2.11. The van der Waals surface area contributed by atoms with Crippen molar-refractivity contribution in [2.75, 3.05) is 13.8 Å². The van der Waals surface area contributed by atoms with Crippen molar-refractivity contribution in [1.29, 1.82) is 0 Å². The zero-order chi connectivity index (χ0) is 13.1. The number of benzene rings is 1. The molecule has 0 spiro atoms. The van der Waals surface area contributed by atoms with Gasteiger partial charge < -0.3 is 4.74 Å². The first-order chi connectivity index (χ1) is 7.95. The Hall–Kier alpha value is -1.85. The molecule has 0 saturated heterocycles. The van der Waals surface area contributed by atoms with Gasteiger partial charge in [-0.2, -0.15) is 8.78 Å². The van der Waals surface area contributed by atoms with Crippen LogP contribution in [0, 0.1) is 0 Å². The highest BCUT2D eigenvalue weighted by molar-refractivity contribution is 6.17. The van der Waals surface area contributed by atoms with Gasteiger partial charge in [-0.25, -0.2) is 4.39 Å². The fourth-order valence-electron chi connectivity index (χ4n) is 1.21. The number of Topliss-reactive ketones (excluding diaryl/α,β-unsaturated/α-hetero) is 2. The lowest BCUT2D eigenvalue weighted by Gasteiger charge is -2.13. The van der Waals surface area contributed by atoms with Gasteiger partial charge in [0.15, 0.2) is 6.67 Å². The second kappa shape index (κ2) is 4.99. The number of ketones is 2. The Morgan fingerprint density at radius 3 is 2.41 bits per heavy atom. The number of carbonyl (C=O) groups excluding carboxylic acids is 2. The Kier molecular flexibility index (Phi) is 3.88. The molecule has 0 N–H and O–H groups in total. The van der Waals surface area contributed by atoms with Gasteiger partial charge >= 0.3 is 5.92 Å². The lowest BCUT2D eigenvalue weighted by molar-refractivity contribution is -0.137. The summed E-state index contributed by atoms with van der Waals surface area (Å²) in [5.74, 6) is -8.29. The third-order valence-electron chi connectivity index (χ3n) is 2.11. The minimum absolute atomic E-state index is 0.0937. The Morgan fingerprint density at radius 2 is 1.88 bits per heavy atom. The van der Waals surface area contributed by atoms with Crippen molar-refractivity contribution in [3.05, 3.63) is 29.8 Å². The molecule has 0 radical (unpaired) electrons. The van der Waals surface area contributed by atoms with E-state index in [4.69, 9.17) is 4.74 Å². The van der Waals surface area contributed by atoms with E-state index < -0.39 is 29.7 Å². The molecule has 1 aromatic rings. The first-order valence-corrected chi connectivity index (χ1v) is 4.60. The van der Waals surface area contributed by atoms with Crippen LogP contribution >= 0.6 is 0 Å². The van der Waals surface area contributed by atoms with Crippen LogP contribution in [0.4, 0.5) is 13.2 Å². The van der Waals surface area contributed by atoms with Crippen molar-refractivity contribution in [2.24, 2.45) is 0 Å². The summed E-state index contributed by atoms with van der Waals surface area (Å²) in [6.07, 6.45) is 0. The summed E-state index contributed by atoms with van der Waals surface area (Å²) in [5, 5.41) is 0. The molecule has 0 heterocycles. The zero-order valence-corrected chi connectivity index (χ0v) is 8.88. The van der Waals surface area contributed by atoms with Crippen LogP contribution in [0.3, 0.4) is 0 Å². The highest BCUT2D eigenvalue weighted by Gasteiger charge is 2.47. The normalized spacial score (nSPS) is 11.1. The van der Waals surface area contributed by atoms with E-state index >= 15 is 0 Å². The SMILES string of the molecule is COc1ccccc1C(=O)C(F)(F)C(=O)CF. The molecular formula is C11H9F3O3. The van der Waals surface area contributed by atoms with Gasteiger partial charge in [-0.05, 0) is 12.1 Å².